The Bertz CT molecular complexity index is 110. The van der Waals surface area contributed by atoms with E-state index >= 15 is 0 Å². The summed E-state index contributed by atoms with van der Waals surface area (Å²) in [7, 11) is 0. The molecule has 0 radical (unpaired) electrons. The van der Waals surface area contributed by atoms with Crippen molar-refractivity contribution in [1.82, 2.24) is 0 Å². The van der Waals surface area contributed by atoms with Crippen molar-refractivity contribution in [3.05, 3.63) is 10.1 Å². The summed E-state index contributed by atoms with van der Waals surface area (Å²) in [6, 6.07) is 1.60. The Kier molecular flexibility index (Phi) is 2.42. The van der Waals surface area contributed by atoms with Gasteiger partial charge in [0.1, 0.15) is 4.92 Å². The fraction of sp³-hybridized carbons (Fsp3) is 0. The summed E-state index contributed by atoms with van der Waals surface area (Å²) in [4.78, 5) is 10.4. The molecule has 0 saturated carbocycles. The summed E-state index contributed by atoms with van der Waals surface area (Å²) >= 11 is 2.55. The van der Waals surface area contributed by atoms with E-state index in [0.29, 0.717) is 0 Å². The Labute approximate surface area is 42.6 Å². The highest BCUT2D eigenvalue weighted by atomic mass is 79.9. The molecule has 0 rings (SSSR count). The second-order valence-electron chi connectivity index (χ2n) is 0.463. The Morgan fingerprint density at radius 1 is 1.83 bits per heavy atom. The van der Waals surface area contributed by atoms with Crippen LogP contribution in [-0.2, 0) is 0 Å². The molecule has 0 bridgehead atoms. The minimum absolute atomic E-state index is 0.727. The van der Waals surface area contributed by atoms with Gasteiger partial charge in [-0.2, -0.15) is 0 Å². The lowest BCUT2D eigenvalue weighted by molar-refractivity contribution is -0.379. The first kappa shape index (κ1) is 5.44. The molecule has 4 heteroatoms. The highest BCUT2D eigenvalue weighted by Gasteiger charge is 1.75. The molecule has 0 aliphatic heterocycles. The number of rotatable bonds is 0. The molecule has 32 valence electrons. The SMILES string of the molecule is O=[N+]([O-])C#CBr. The molecule has 0 aromatic rings. The zero-order valence-corrected chi connectivity index (χ0v) is 4.23. The van der Waals surface area contributed by atoms with Gasteiger partial charge in [0, 0.05) is 15.9 Å². The number of halogens is 1. The average Bonchev–Trinajstić information content (AvgIpc) is 1.35. The van der Waals surface area contributed by atoms with Crippen LogP contribution >= 0.6 is 15.9 Å². The number of nitrogens with zero attached hydrogens (tertiary/aromatic N) is 1. The minimum Gasteiger partial charge on any atom is -0.249 e. The molecule has 0 heterocycles. The summed E-state index contributed by atoms with van der Waals surface area (Å²) in [5.41, 5.74) is 0. The maximum absolute atomic E-state index is 9.20. The maximum atomic E-state index is 9.20. The van der Waals surface area contributed by atoms with E-state index in [1.54, 1.807) is 6.04 Å². The van der Waals surface area contributed by atoms with E-state index in [1.165, 1.54) is 0 Å². The summed E-state index contributed by atoms with van der Waals surface area (Å²) in [6.45, 7) is 0. The molecule has 0 aromatic carbocycles. The van der Waals surface area contributed by atoms with E-state index < -0.39 is 4.92 Å². The van der Waals surface area contributed by atoms with Crippen molar-refractivity contribution in [2.45, 2.75) is 0 Å². The molecule has 0 amide bonds. The summed E-state index contributed by atoms with van der Waals surface area (Å²) in [6.07, 6.45) is 0. The van der Waals surface area contributed by atoms with Crippen LogP contribution in [0.5, 0.6) is 0 Å². The van der Waals surface area contributed by atoms with E-state index in [2.05, 4.69) is 15.9 Å². The van der Waals surface area contributed by atoms with Crippen LogP contribution in [0.4, 0.5) is 0 Å². The van der Waals surface area contributed by atoms with Crippen LogP contribution in [0.3, 0.4) is 0 Å². The van der Waals surface area contributed by atoms with Crippen molar-refractivity contribution in [2.24, 2.45) is 0 Å². The Morgan fingerprint density at radius 2 is 2.33 bits per heavy atom. The van der Waals surface area contributed by atoms with Crippen molar-refractivity contribution < 1.29 is 4.92 Å². The van der Waals surface area contributed by atoms with E-state index in [4.69, 9.17) is 0 Å². The van der Waals surface area contributed by atoms with Crippen LogP contribution in [-0.4, -0.2) is 4.92 Å². The monoisotopic (exact) mass is 149 g/mol. The molecule has 0 saturated heterocycles. The van der Waals surface area contributed by atoms with Crippen molar-refractivity contribution >= 4 is 15.9 Å². The Hall–Kier alpha value is -0.560. The lowest BCUT2D eigenvalue weighted by atomic mass is 11.2. The van der Waals surface area contributed by atoms with Crippen LogP contribution in [0.2, 0.25) is 0 Å². The van der Waals surface area contributed by atoms with E-state index in [0.717, 1.165) is 0 Å². The molecule has 3 nitrogen and oxygen atoms in total. The zero-order chi connectivity index (χ0) is 4.99. The van der Waals surface area contributed by atoms with Gasteiger partial charge in [-0.05, 0) is 0 Å². The van der Waals surface area contributed by atoms with Gasteiger partial charge in [-0.15, -0.1) is 0 Å². The average molecular weight is 150 g/mol. The minimum atomic E-state index is -0.727. The molecule has 0 aromatic heterocycles. The summed E-state index contributed by atoms with van der Waals surface area (Å²) in [5.74, 6) is 0. The third-order valence-corrected chi connectivity index (χ3v) is 0.311. The molecule has 6 heavy (non-hydrogen) atoms. The Balaban J connectivity index is 3.50. The lowest BCUT2D eigenvalue weighted by Gasteiger charge is -1.61. The Morgan fingerprint density at radius 3 is 2.33 bits per heavy atom. The fourth-order valence-electron chi connectivity index (χ4n) is 0.0345. The first-order chi connectivity index (χ1) is 2.77. The zero-order valence-electron chi connectivity index (χ0n) is 2.64. The largest absolute Gasteiger partial charge is 0.302 e. The van der Waals surface area contributed by atoms with Crippen LogP contribution in [0.15, 0.2) is 0 Å². The van der Waals surface area contributed by atoms with E-state index in [-0.39, 0.29) is 0 Å². The van der Waals surface area contributed by atoms with Crippen molar-refractivity contribution in [2.75, 3.05) is 0 Å². The standard InChI is InChI=1S/C2BrNO2/c3-1-2-4(5)6. The van der Waals surface area contributed by atoms with E-state index in [9.17, 15) is 10.1 Å². The van der Waals surface area contributed by atoms with Crippen LogP contribution in [0.25, 0.3) is 0 Å². The first-order valence-corrected chi connectivity index (χ1v) is 1.82. The number of hydrogen-bond acceptors (Lipinski definition) is 2. The van der Waals surface area contributed by atoms with Crippen molar-refractivity contribution in [1.29, 1.82) is 0 Å². The van der Waals surface area contributed by atoms with Crippen molar-refractivity contribution in [3.8, 4) is 10.9 Å². The molecule has 0 fully saturated rings. The molecule has 0 N–H and O–H groups in total. The van der Waals surface area contributed by atoms with E-state index in [1.807, 2.05) is 4.83 Å². The molecule has 0 atom stereocenters. The second-order valence-corrected chi connectivity index (χ2v) is 0.860. The predicted molar refractivity (Wildman–Crippen MR) is 23.7 cm³/mol. The predicted octanol–water partition coefficient (Wildman–Crippen LogP) is 0.576. The highest BCUT2D eigenvalue weighted by Crippen LogP contribution is 1.67. The quantitative estimate of drug-likeness (QED) is 0.219. The van der Waals surface area contributed by atoms with Gasteiger partial charge >= 0.3 is 6.04 Å². The van der Waals surface area contributed by atoms with Gasteiger partial charge in [0.25, 0.3) is 0 Å². The first-order valence-electron chi connectivity index (χ1n) is 1.03. The van der Waals surface area contributed by atoms with Gasteiger partial charge in [0.2, 0.25) is 0 Å². The number of nitro groups is 1. The molecular weight excluding hydrogens is 150 g/mol. The molecular formula is C2BrNO2. The van der Waals surface area contributed by atoms with Gasteiger partial charge in [0.15, 0.2) is 0 Å². The normalized spacial score (nSPS) is 5.50. The van der Waals surface area contributed by atoms with Gasteiger partial charge in [-0.3, -0.25) is 0 Å². The van der Waals surface area contributed by atoms with Crippen LogP contribution in [0.1, 0.15) is 0 Å². The number of hydrogen-bond donors (Lipinski definition) is 0. The highest BCUT2D eigenvalue weighted by molar-refractivity contribution is 9.12. The smallest absolute Gasteiger partial charge is 0.249 e. The van der Waals surface area contributed by atoms with Gasteiger partial charge < -0.3 is 0 Å². The van der Waals surface area contributed by atoms with Gasteiger partial charge in [0.05, 0.1) is 4.83 Å². The summed E-state index contributed by atoms with van der Waals surface area (Å²) in [5, 5.41) is 9.20. The topological polar surface area (TPSA) is 43.1 Å². The van der Waals surface area contributed by atoms with Crippen molar-refractivity contribution in [3.63, 3.8) is 0 Å². The third kappa shape index (κ3) is 3.44. The van der Waals surface area contributed by atoms with Crippen LogP contribution < -0.4 is 0 Å². The molecule has 0 unspecified atom stereocenters. The van der Waals surface area contributed by atoms with Gasteiger partial charge in [-0.25, -0.2) is 10.1 Å². The second kappa shape index (κ2) is 2.67. The lowest BCUT2D eigenvalue weighted by Crippen LogP contribution is -1.80. The molecule has 0 spiro atoms. The van der Waals surface area contributed by atoms with Crippen LogP contribution in [0, 0.1) is 21.0 Å². The van der Waals surface area contributed by atoms with Gasteiger partial charge in [-0.1, -0.05) is 0 Å². The maximum Gasteiger partial charge on any atom is 0.302 e. The third-order valence-electron chi connectivity index (χ3n) is 0.134. The fourth-order valence-corrected chi connectivity index (χ4v) is 0.179. The molecule has 0 aliphatic rings. The summed E-state index contributed by atoms with van der Waals surface area (Å²) < 4.78 is 0. The molecule has 0 aliphatic carbocycles.